The quantitative estimate of drug-likeness (QED) is 0.906. The minimum absolute atomic E-state index is 0.00948. The fourth-order valence-electron chi connectivity index (χ4n) is 2.79. The zero-order valence-corrected chi connectivity index (χ0v) is 12.3. The molecule has 1 aliphatic rings. The second kappa shape index (κ2) is 5.33. The molecule has 1 amide bonds. The van der Waals surface area contributed by atoms with E-state index in [2.05, 4.69) is 0 Å². The van der Waals surface area contributed by atoms with Crippen molar-refractivity contribution in [2.75, 3.05) is 6.54 Å². The van der Waals surface area contributed by atoms with Crippen LogP contribution < -0.4 is 0 Å². The van der Waals surface area contributed by atoms with Crippen LogP contribution in [0.2, 0.25) is 0 Å². The fourth-order valence-corrected chi connectivity index (χ4v) is 3.71. The summed E-state index contributed by atoms with van der Waals surface area (Å²) < 4.78 is 0. The number of carbonyl (C=O) groups is 2. The van der Waals surface area contributed by atoms with Crippen LogP contribution in [-0.2, 0) is 4.79 Å². The normalized spacial score (nSPS) is 23.4. The lowest BCUT2D eigenvalue weighted by Gasteiger charge is -2.37. The summed E-state index contributed by atoms with van der Waals surface area (Å²) in [4.78, 5) is 27.6. The molecule has 0 aromatic carbocycles. The van der Waals surface area contributed by atoms with Crippen molar-refractivity contribution < 1.29 is 14.7 Å². The number of nitrogens with zero attached hydrogens (tertiary/aromatic N) is 1. The maximum atomic E-state index is 12.6. The third-order valence-electron chi connectivity index (χ3n) is 3.72. The first-order valence-electron chi connectivity index (χ1n) is 6.52. The van der Waals surface area contributed by atoms with E-state index in [0.717, 1.165) is 22.6 Å². The molecule has 0 spiro atoms. The number of piperidine rings is 1. The Labute approximate surface area is 117 Å². The molecular weight excluding hydrogens is 262 g/mol. The van der Waals surface area contributed by atoms with Gasteiger partial charge in [0.15, 0.2) is 0 Å². The SMILES string of the molecule is Cc1cc(C(=O)N2CCCC(C)C2C(=O)O)c(C)s1. The van der Waals surface area contributed by atoms with Crippen LogP contribution in [-0.4, -0.2) is 34.5 Å². The van der Waals surface area contributed by atoms with Gasteiger partial charge in [-0.05, 0) is 38.7 Å². The molecule has 2 unspecified atom stereocenters. The number of likely N-dealkylation sites (tertiary alicyclic amines) is 1. The first-order chi connectivity index (χ1) is 8.91. The van der Waals surface area contributed by atoms with Crippen LogP contribution in [0.1, 0.15) is 39.9 Å². The fraction of sp³-hybridized carbons (Fsp3) is 0.571. The van der Waals surface area contributed by atoms with Gasteiger partial charge in [0.1, 0.15) is 6.04 Å². The Bertz CT molecular complexity index is 509. The molecule has 19 heavy (non-hydrogen) atoms. The van der Waals surface area contributed by atoms with Crippen molar-refractivity contribution in [3.05, 3.63) is 21.4 Å². The van der Waals surface area contributed by atoms with Crippen molar-refractivity contribution >= 4 is 23.2 Å². The molecule has 1 aliphatic heterocycles. The van der Waals surface area contributed by atoms with Gasteiger partial charge >= 0.3 is 5.97 Å². The van der Waals surface area contributed by atoms with E-state index in [1.165, 1.54) is 4.90 Å². The topological polar surface area (TPSA) is 57.6 Å². The van der Waals surface area contributed by atoms with E-state index in [1.807, 2.05) is 26.8 Å². The Hall–Kier alpha value is -1.36. The molecule has 0 bridgehead atoms. The summed E-state index contributed by atoms with van der Waals surface area (Å²) in [5, 5.41) is 9.36. The van der Waals surface area contributed by atoms with Gasteiger partial charge in [0.05, 0.1) is 5.56 Å². The third kappa shape index (κ3) is 2.66. The Balaban J connectivity index is 2.30. The third-order valence-corrected chi connectivity index (χ3v) is 4.68. The van der Waals surface area contributed by atoms with Gasteiger partial charge in [-0.1, -0.05) is 6.92 Å². The van der Waals surface area contributed by atoms with Crippen LogP contribution in [0, 0.1) is 19.8 Å². The van der Waals surface area contributed by atoms with Crippen LogP contribution in [0.3, 0.4) is 0 Å². The Morgan fingerprint density at radius 1 is 1.42 bits per heavy atom. The molecule has 2 rings (SSSR count). The molecule has 0 saturated carbocycles. The predicted molar refractivity (Wildman–Crippen MR) is 74.7 cm³/mol. The van der Waals surface area contributed by atoms with E-state index in [4.69, 9.17) is 0 Å². The molecule has 0 aliphatic carbocycles. The zero-order chi connectivity index (χ0) is 14.2. The monoisotopic (exact) mass is 281 g/mol. The lowest BCUT2D eigenvalue weighted by molar-refractivity contribution is -0.145. The highest BCUT2D eigenvalue weighted by atomic mass is 32.1. The second-order valence-electron chi connectivity index (χ2n) is 5.23. The van der Waals surface area contributed by atoms with Crippen LogP contribution in [0.15, 0.2) is 6.07 Å². The molecule has 104 valence electrons. The number of hydrogen-bond acceptors (Lipinski definition) is 3. The summed E-state index contributed by atoms with van der Waals surface area (Å²) in [5.41, 5.74) is 0.655. The average molecular weight is 281 g/mol. The van der Waals surface area contributed by atoms with E-state index in [-0.39, 0.29) is 11.8 Å². The van der Waals surface area contributed by atoms with Crippen LogP contribution >= 0.6 is 11.3 Å². The summed E-state index contributed by atoms with van der Waals surface area (Å²) in [5.74, 6) is -1.03. The van der Waals surface area contributed by atoms with Crippen molar-refractivity contribution in [2.24, 2.45) is 5.92 Å². The maximum Gasteiger partial charge on any atom is 0.326 e. The average Bonchev–Trinajstić information content (AvgIpc) is 2.66. The smallest absolute Gasteiger partial charge is 0.326 e. The summed E-state index contributed by atoms with van der Waals surface area (Å²) in [7, 11) is 0. The summed E-state index contributed by atoms with van der Waals surface area (Å²) in [6.07, 6.45) is 1.74. The van der Waals surface area contributed by atoms with Crippen LogP contribution in [0.5, 0.6) is 0 Å². The number of thiophene rings is 1. The lowest BCUT2D eigenvalue weighted by Crippen LogP contribution is -2.51. The number of aryl methyl sites for hydroxylation is 2. The molecule has 1 N–H and O–H groups in total. The largest absolute Gasteiger partial charge is 0.480 e. The molecule has 1 fully saturated rings. The Kier molecular flexibility index (Phi) is 3.94. The molecule has 0 radical (unpaired) electrons. The van der Waals surface area contributed by atoms with Gasteiger partial charge in [0.25, 0.3) is 5.91 Å². The predicted octanol–water partition coefficient (Wildman–Crippen LogP) is 2.69. The zero-order valence-electron chi connectivity index (χ0n) is 11.5. The second-order valence-corrected chi connectivity index (χ2v) is 6.69. The van der Waals surface area contributed by atoms with Crippen LogP contribution in [0.25, 0.3) is 0 Å². The number of carboxylic acid groups (broad SMARTS) is 1. The van der Waals surface area contributed by atoms with Gasteiger partial charge in [0.2, 0.25) is 0 Å². The van der Waals surface area contributed by atoms with E-state index >= 15 is 0 Å². The highest BCUT2D eigenvalue weighted by Gasteiger charge is 2.37. The van der Waals surface area contributed by atoms with E-state index in [9.17, 15) is 14.7 Å². The highest BCUT2D eigenvalue weighted by molar-refractivity contribution is 7.12. The van der Waals surface area contributed by atoms with Crippen molar-refractivity contribution in [2.45, 2.75) is 39.7 Å². The maximum absolute atomic E-state index is 12.6. The Morgan fingerprint density at radius 3 is 2.63 bits per heavy atom. The number of rotatable bonds is 2. The molecule has 2 heterocycles. The molecule has 2 atom stereocenters. The summed E-state index contributed by atoms with van der Waals surface area (Å²) in [6.45, 7) is 6.31. The number of aliphatic carboxylic acids is 1. The van der Waals surface area contributed by atoms with Crippen LogP contribution in [0.4, 0.5) is 0 Å². The van der Waals surface area contributed by atoms with Gasteiger partial charge in [-0.15, -0.1) is 11.3 Å². The van der Waals surface area contributed by atoms with E-state index in [0.29, 0.717) is 12.1 Å². The highest BCUT2D eigenvalue weighted by Crippen LogP contribution is 2.28. The summed E-state index contributed by atoms with van der Waals surface area (Å²) >= 11 is 1.58. The van der Waals surface area contributed by atoms with E-state index < -0.39 is 12.0 Å². The molecule has 5 heteroatoms. The first kappa shape index (κ1) is 14.1. The van der Waals surface area contributed by atoms with Gasteiger partial charge < -0.3 is 10.0 Å². The molecule has 1 saturated heterocycles. The van der Waals surface area contributed by atoms with Gasteiger partial charge in [0, 0.05) is 16.3 Å². The molecule has 4 nitrogen and oxygen atoms in total. The van der Waals surface area contributed by atoms with Gasteiger partial charge in [-0.2, -0.15) is 0 Å². The number of carbonyl (C=O) groups excluding carboxylic acids is 1. The Morgan fingerprint density at radius 2 is 2.11 bits per heavy atom. The minimum atomic E-state index is -0.898. The molecular formula is C14H19NO3S. The molecule has 1 aromatic rings. The van der Waals surface area contributed by atoms with Gasteiger partial charge in [-0.25, -0.2) is 4.79 Å². The standard InChI is InChI=1S/C14H19NO3S/c1-8-5-4-6-15(12(8)14(17)18)13(16)11-7-9(2)19-10(11)3/h7-8,12H,4-6H2,1-3H3,(H,17,18). The number of carboxylic acids is 1. The summed E-state index contributed by atoms with van der Waals surface area (Å²) in [6, 6.07) is 1.17. The number of hydrogen-bond donors (Lipinski definition) is 1. The van der Waals surface area contributed by atoms with Crippen molar-refractivity contribution in [3.63, 3.8) is 0 Å². The van der Waals surface area contributed by atoms with Crippen molar-refractivity contribution in [1.29, 1.82) is 0 Å². The number of amides is 1. The van der Waals surface area contributed by atoms with Crippen molar-refractivity contribution in [1.82, 2.24) is 4.90 Å². The lowest BCUT2D eigenvalue weighted by atomic mass is 9.90. The van der Waals surface area contributed by atoms with Gasteiger partial charge in [-0.3, -0.25) is 4.79 Å². The van der Waals surface area contributed by atoms with E-state index in [1.54, 1.807) is 11.3 Å². The van der Waals surface area contributed by atoms with Crippen molar-refractivity contribution in [3.8, 4) is 0 Å². The molecule has 1 aromatic heterocycles. The minimum Gasteiger partial charge on any atom is -0.480 e. The first-order valence-corrected chi connectivity index (χ1v) is 7.34.